The van der Waals surface area contributed by atoms with Crippen LogP contribution in [-0.4, -0.2) is 23.1 Å². The first-order chi connectivity index (χ1) is 15.1. The van der Waals surface area contributed by atoms with E-state index in [2.05, 4.69) is 55.5 Å². The molecule has 0 spiro atoms. The standard InChI is InChI=1S/C27H44O4/c1-3-5-6-7-8-9-10-11-12-13-14-15-16-17-18-19-20-24-27(30)31-25(4-2)22-21-23-26(28)29/h5-6,8-9,11-12,14-15,25H,3-4,7,10,13,16-24H2,1-2H3,(H,28,29)/b6-5-,9-8-,12-11-,15-14-. The molecule has 0 bridgehead atoms. The second-order valence-corrected chi connectivity index (χ2v) is 7.76. The van der Waals surface area contributed by atoms with Crippen LogP contribution in [0, 0.1) is 0 Å². The van der Waals surface area contributed by atoms with Gasteiger partial charge in [0, 0.05) is 12.8 Å². The molecule has 4 nitrogen and oxygen atoms in total. The van der Waals surface area contributed by atoms with Crippen molar-refractivity contribution >= 4 is 11.9 Å². The highest BCUT2D eigenvalue weighted by atomic mass is 16.5. The van der Waals surface area contributed by atoms with Gasteiger partial charge in [0.15, 0.2) is 0 Å². The summed E-state index contributed by atoms with van der Waals surface area (Å²) in [6.45, 7) is 4.11. The number of carboxylic acid groups (broad SMARTS) is 1. The smallest absolute Gasteiger partial charge is 0.306 e. The Morgan fingerprint density at radius 3 is 1.90 bits per heavy atom. The molecule has 0 heterocycles. The highest BCUT2D eigenvalue weighted by Crippen LogP contribution is 2.12. The second-order valence-electron chi connectivity index (χ2n) is 7.76. The molecule has 1 atom stereocenters. The zero-order valence-electron chi connectivity index (χ0n) is 19.8. The molecule has 4 heteroatoms. The van der Waals surface area contributed by atoms with Gasteiger partial charge in [-0.05, 0) is 64.2 Å². The quantitative estimate of drug-likeness (QED) is 0.122. The maximum atomic E-state index is 11.9. The van der Waals surface area contributed by atoms with E-state index in [4.69, 9.17) is 9.84 Å². The van der Waals surface area contributed by atoms with Crippen LogP contribution in [0.25, 0.3) is 0 Å². The summed E-state index contributed by atoms with van der Waals surface area (Å²) in [7, 11) is 0. The van der Waals surface area contributed by atoms with Gasteiger partial charge in [-0.25, -0.2) is 0 Å². The van der Waals surface area contributed by atoms with Gasteiger partial charge in [0.2, 0.25) is 0 Å². The molecule has 0 saturated heterocycles. The summed E-state index contributed by atoms with van der Waals surface area (Å²) >= 11 is 0. The lowest BCUT2D eigenvalue weighted by Crippen LogP contribution is -2.17. The predicted octanol–water partition coefficient (Wildman–Crippen LogP) is 7.71. The van der Waals surface area contributed by atoms with Crippen molar-refractivity contribution in [2.75, 3.05) is 0 Å². The molecule has 0 aromatic rings. The molecule has 0 saturated carbocycles. The number of esters is 1. The number of carboxylic acids is 1. The summed E-state index contributed by atoms with van der Waals surface area (Å²) in [5.41, 5.74) is 0. The van der Waals surface area contributed by atoms with Gasteiger partial charge in [-0.15, -0.1) is 0 Å². The third-order valence-corrected chi connectivity index (χ3v) is 4.89. The van der Waals surface area contributed by atoms with E-state index >= 15 is 0 Å². The first-order valence-corrected chi connectivity index (χ1v) is 12.1. The first-order valence-electron chi connectivity index (χ1n) is 12.1. The Labute approximate surface area is 190 Å². The van der Waals surface area contributed by atoms with Crippen LogP contribution in [0.1, 0.15) is 104 Å². The number of hydrogen-bond donors (Lipinski definition) is 1. The van der Waals surface area contributed by atoms with Gasteiger partial charge in [0.05, 0.1) is 0 Å². The summed E-state index contributed by atoms with van der Waals surface area (Å²) < 4.78 is 5.45. The number of ether oxygens (including phenoxy) is 1. The Morgan fingerprint density at radius 2 is 1.32 bits per heavy atom. The van der Waals surface area contributed by atoms with Gasteiger partial charge < -0.3 is 9.84 Å². The van der Waals surface area contributed by atoms with Crippen LogP contribution in [0.3, 0.4) is 0 Å². The number of hydrogen-bond acceptors (Lipinski definition) is 3. The molecule has 0 amide bonds. The van der Waals surface area contributed by atoms with Gasteiger partial charge in [-0.3, -0.25) is 9.59 Å². The molecule has 0 aromatic heterocycles. The number of carbonyl (C=O) groups is 2. The lowest BCUT2D eigenvalue weighted by atomic mass is 10.1. The number of unbranched alkanes of at least 4 members (excludes halogenated alkanes) is 4. The van der Waals surface area contributed by atoms with Crippen molar-refractivity contribution in [2.45, 2.75) is 110 Å². The van der Waals surface area contributed by atoms with Crippen LogP contribution < -0.4 is 0 Å². The largest absolute Gasteiger partial charge is 0.481 e. The van der Waals surface area contributed by atoms with E-state index in [1.54, 1.807) is 0 Å². The summed E-state index contributed by atoms with van der Waals surface area (Å²) in [5, 5.41) is 8.68. The molecule has 0 fully saturated rings. The highest BCUT2D eigenvalue weighted by Gasteiger charge is 2.12. The summed E-state index contributed by atoms with van der Waals surface area (Å²) in [6.07, 6.45) is 29.4. The normalized spacial score (nSPS) is 13.1. The van der Waals surface area contributed by atoms with Gasteiger partial charge in [-0.2, -0.15) is 0 Å². The lowest BCUT2D eigenvalue weighted by molar-refractivity contribution is -0.149. The minimum absolute atomic E-state index is 0.132. The number of allylic oxidation sites excluding steroid dienone is 8. The highest BCUT2D eigenvalue weighted by molar-refractivity contribution is 5.69. The third-order valence-electron chi connectivity index (χ3n) is 4.89. The Kier molecular flexibility index (Phi) is 21.1. The molecule has 0 aliphatic carbocycles. The van der Waals surface area contributed by atoms with Crippen LogP contribution in [-0.2, 0) is 14.3 Å². The van der Waals surface area contributed by atoms with Crippen molar-refractivity contribution in [1.29, 1.82) is 0 Å². The van der Waals surface area contributed by atoms with E-state index < -0.39 is 5.97 Å². The molecule has 0 aliphatic rings. The summed E-state index contributed by atoms with van der Waals surface area (Å²) in [6, 6.07) is 0. The maximum absolute atomic E-state index is 11.9. The summed E-state index contributed by atoms with van der Waals surface area (Å²) in [5.74, 6) is -0.951. The molecule has 1 unspecified atom stereocenters. The van der Waals surface area contributed by atoms with Crippen molar-refractivity contribution in [3.8, 4) is 0 Å². The van der Waals surface area contributed by atoms with Crippen LogP contribution in [0.5, 0.6) is 0 Å². The molecule has 31 heavy (non-hydrogen) atoms. The van der Waals surface area contributed by atoms with Crippen LogP contribution >= 0.6 is 0 Å². The molecule has 0 aromatic carbocycles. The van der Waals surface area contributed by atoms with Crippen molar-refractivity contribution in [2.24, 2.45) is 0 Å². The Hall–Kier alpha value is -2.10. The van der Waals surface area contributed by atoms with E-state index in [0.29, 0.717) is 19.3 Å². The van der Waals surface area contributed by atoms with Crippen molar-refractivity contribution in [3.05, 3.63) is 48.6 Å². The zero-order chi connectivity index (χ0) is 23.0. The molecule has 0 aliphatic heterocycles. The van der Waals surface area contributed by atoms with E-state index in [0.717, 1.165) is 64.2 Å². The Morgan fingerprint density at radius 1 is 0.742 bits per heavy atom. The number of aliphatic carboxylic acids is 1. The topological polar surface area (TPSA) is 63.6 Å². The Balaban J connectivity index is 3.58. The number of rotatable bonds is 20. The van der Waals surface area contributed by atoms with Gasteiger partial charge in [-0.1, -0.05) is 75.3 Å². The first kappa shape index (κ1) is 28.9. The van der Waals surface area contributed by atoms with Gasteiger partial charge in [0.25, 0.3) is 0 Å². The SMILES string of the molecule is CC/C=C\C/C=C\C/C=C\C/C=C\CCCCCCC(=O)OC(CC)CCCC(=O)O. The fourth-order valence-corrected chi connectivity index (χ4v) is 3.05. The monoisotopic (exact) mass is 432 g/mol. The van der Waals surface area contributed by atoms with Crippen LogP contribution in [0.15, 0.2) is 48.6 Å². The van der Waals surface area contributed by atoms with Crippen LogP contribution in [0.4, 0.5) is 0 Å². The number of carbonyl (C=O) groups excluding carboxylic acids is 1. The Bertz CT molecular complexity index is 558. The van der Waals surface area contributed by atoms with E-state index in [1.807, 2.05) is 6.92 Å². The zero-order valence-corrected chi connectivity index (χ0v) is 19.8. The average Bonchev–Trinajstić information content (AvgIpc) is 2.75. The van der Waals surface area contributed by atoms with Gasteiger partial charge in [0.1, 0.15) is 6.10 Å². The van der Waals surface area contributed by atoms with E-state index in [-0.39, 0.29) is 18.5 Å². The van der Waals surface area contributed by atoms with Crippen molar-refractivity contribution in [1.82, 2.24) is 0 Å². The molecule has 0 radical (unpaired) electrons. The summed E-state index contributed by atoms with van der Waals surface area (Å²) in [4.78, 5) is 22.5. The third kappa shape index (κ3) is 22.4. The van der Waals surface area contributed by atoms with Gasteiger partial charge >= 0.3 is 11.9 Å². The minimum atomic E-state index is -0.800. The predicted molar refractivity (Wildman–Crippen MR) is 130 cm³/mol. The molecular formula is C27H44O4. The molecule has 176 valence electrons. The average molecular weight is 433 g/mol. The lowest BCUT2D eigenvalue weighted by Gasteiger charge is -2.15. The van der Waals surface area contributed by atoms with E-state index in [9.17, 15) is 9.59 Å². The fraction of sp³-hybridized carbons (Fsp3) is 0.630. The maximum Gasteiger partial charge on any atom is 0.306 e. The van der Waals surface area contributed by atoms with Crippen molar-refractivity contribution < 1.29 is 19.4 Å². The second kappa shape index (κ2) is 22.6. The van der Waals surface area contributed by atoms with E-state index in [1.165, 1.54) is 0 Å². The minimum Gasteiger partial charge on any atom is -0.481 e. The van der Waals surface area contributed by atoms with Crippen molar-refractivity contribution in [3.63, 3.8) is 0 Å². The van der Waals surface area contributed by atoms with Crippen LogP contribution in [0.2, 0.25) is 0 Å². The fourth-order valence-electron chi connectivity index (χ4n) is 3.05. The molecule has 0 rings (SSSR count). The molecular weight excluding hydrogens is 388 g/mol. The molecule has 1 N–H and O–H groups in total.